The van der Waals surface area contributed by atoms with Crippen LogP contribution in [-0.2, 0) is 17.1 Å². The van der Waals surface area contributed by atoms with Crippen molar-refractivity contribution in [2.45, 2.75) is 4.90 Å². The summed E-state index contributed by atoms with van der Waals surface area (Å²) in [4.78, 5) is 1.20. The summed E-state index contributed by atoms with van der Waals surface area (Å²) in [6.07, 6.45) is 0. The van der Waals surface area contributed by atoms with Crippen molar-refractivity contribution in [3.8, 4) is 0 Å². The van der Waals surface area contributed by atoms with Crippen LogP contribution in [0.5, 0.6) is 0 Å². The number of nitrogens with one attached hydrogen (secondary N) is 1. The zero-order valence-electron chi connectivity index (χ0n) is 8.90. The van der Waals surface area contributed by atoms with Gasteiger partial charge in [0.05, 0.1) is 11.9 Å². The second kappa shape index (κ2) is 4.01. The summed E-state index contributed by atoms with van der Waals surface area (Å²) in [6.45, 7) is 0. The van der Waals surface area contributed by atoms with Gasteiger partial charge in [-0.05, 0) is 23.4 Å². The molecule has 0 amide bonds. The number of hydrogen-bond acceptors (Lipinski definition) is 6. The number of nitrogens with zero attached hydrogens (tertiary/aromatic N) is 4. The van der Waals surface area contributed by atoms with E-state index in [-0.39, 0.29) is 10.8 Å². The van der Waals surface area contributed by atoms with Gasteiger partial charge in [-0.1, -0.05) is 11.2 Å². The number of aryl methyl sites for hydroxylation is 1. The zero-order chi connectivity index (χ0) is 12.5. The molecule has 3 N–H and O–H groups in total. The van der Waals surface area contributed by atoms with Crippen molar-refractivity contribution >= 4 is 21.7 Å². The van der Waals surface area contributed by atoms with Crippen LogP contribution in [0.2, 0.25) is 0 Å². The first-order chi connectivity index (χ1) is 7.97. The van der Waals surface area contributed by atoms with E-state index in [9.17, 15) is 8.42 Å². The van der Waals surface area contributed by atoms with Crippen LogP contribution in [0.15, 0.2) is 29.2 Å². The largest absolute Gasteiger partial charge is 0.399 e. The van der Waals surface area contributed by atoms with Gasteiger partial charge in [0, 0.05) is 5.69 Å². The molecule has 0 aliphatic rings. The molecule has 0 unspecified atom stereocenters. The summed E-state index contributed by atoms with van der Waals surface area (Å²) in [7, 11) is -2.20. The van der Waals surface area contributed by atoms with E-state index in [1.165, 1.54) is 19.2 Å². The van der Waals surface area contributed by atoms with E-state index in [2.05, 4.69) is 20.1 Å². The molecule has 8 nitrogen and oxygen atoms in total. The second-order valence-electron chi connectivity index (χ2n) is 3.28. The monoisotopic (exact) mass is 254 g/mol. The van der Waals surface area contributed by atoms with Gasteiger partial charge < -0.3 is 5.73 Å². The lowest BCUT2D eigenvalue weighted by Crippen LogP contribution is -2.14. The van der Waals surface area contributed by atoms with Crippen molar-refractivity contribution in [3.05, 3.63) is 24.3 Å². The number of sulfonamides is 1. The third-order valence-electron chi connectivity index (χ3n) is 1.90. The Labute approximate surface area is 97.5 Å². The number of rotatable bonds is 3. The first-order valence-electron chi connectivity index (χ1n) is 4.60. The smallest absolute Gasteiger partial charge is 0.277 e. The van der Waals surface area contributed by atoms with Gasteiger partial charge in [-0.3, -0.25) is 0 Å². The number of nitrogens with two attached hydrogens (primary N) is 1. The molecule has 0 atom stereocenters. The molecule has 0 aliphatic heterocycles. The van der Waals surface area contributed by atoms with E-state index in [4.69, 9.17) is 5.73 Å². The Balaban J connectivity index is 2.31. The summed E-state index contributed by atoms with van der Waals surface area (Å²) < 4.78 is 26.0. The van der Waals surface area contributed by atoms with Gasteiger partial charge in [0.1, 0.15) is 0 Å². The van der Waals surface area contributed by atoms with Crippen LogP contribution in [0.1, 0.15) is 0 Å². The first-order valence-corrected chi connectivity index (χ1v) is 6.08. The van der Waals surface area contributed by atoms with Crippen LogP contribution in [0.25, 0.3) is 0 Å². The average Bonchev–Trinajstić information content (AvgIpc) is 2.63. The third-order valence-corrected chi connectivity index (χ3v) is 3.23. The molecule has 0 saturated heterocycles. The number of hydrogen-bond donors (Lipinski definition) is 2. The normalized spacial score (nSPS) is 11.4. The minimum absolute atomic E-state index is 0.0463. The van der Waals surface area contributed by atoms with Gasteiger partial charge in [-0.2, -0.15) is 4.80 Å². The molecule has 90 valence electrons. The first kappa shape index (κ1) is 11.3. The predicted molar refractivity (Wildman–Crippen MR) is 60.5 cm³/mol. The number of nitrogen functional groups attached to an aromatic ring is 1. The molecule has 0 aliphatic carbocycles. The molecule has 0 spiro atoms. The van der Waals surface area contributed by atoms with E-state index in [1.807, 2.05) is 0 Å². The maximum atomic E-state index is 11.9. The Morgan fingerprint density at radius 3 is 2.76 bits per heavy atom. The molecule has 2 rings (SSSR count). The van der Waals surface area contributed by atoms with E-state index in [0.717, 1.165) is 4.80 Å². The standard InChI is InChI=1S/C8H10N6O2S/c1-14-11-8(10-13-14)12-17(15,16)7-4-2-3-6(9)5-7/h2-5H,9H2,1H3,(H,11,12). The molecule has 17 heavy (non-hydrogen) atoms. The van der Waals surface area contributed by atoms with Crippen LogP contribution < -0.4 is 10.5 Å². The lowest BCUT2D eigenvalue weighted by molar-refractivity contribution is 0.600. The summed E-state index contributed by atoms with van der Waals surface area (Å²) >= 11 is 0. The van der Waals surface area contributed by atoms with E-state index >= 15 is 0 Å². The molecule has 1 aromatic carbocycles. The van der Waals surface area contributed by atoms with Crippen LogP contribution in [0, 0.1) is 0 Å². The molecule has 9 heteroatoms. The number of tetrazole rings is 1. The Kier molecular flexibility index (Phi) is 2.68. The van der Waals surface area contributed by atoms with Crippen molar-refractivity contribution < 1.29 is 8.42 Å². The zero-order valence-corrected chi connectivity index (χ0v) is 9.72. The van der Waals surface area contributed by atoms with Crippen molar-refractivity contribution in [2.75, 3.05) is 10.5 Å². The van der Waals surface area contributed by atoms with Crippen LogP contribution in [0.4, 0.5) is 11.6 Å². The molecule has 0 saturated carbocycles. The fourth-order valence-corrected chi connectivity index (χ4v) is 2.17. The minimum atomic E-state index is -3.73. The van der Waals surface area contributed by atoms with Crippen molar-refractivity contribution in [1.82, 2.24) is 20.2 Å². The predicted octanol–water partition coefficient (Wildman–Crippen LogP) is -0.407. The highest BCUT2D eigenvalue weighted by Gasteiger charge is 2.16. The highest BCUT2D eigenvalue weighted by Crippen LogP contribution is 2.15. The third kappa shape index (κ3) is 2.50. The maximum Gasteiger partial charge on any atom is 0.277 e. The van der Waals surface area contributed by atoms with E-state index in [0.29, 0.717) is 5.69 Å². The Morgan fingerprint density at radius 1 is 1.41 bits per heavy atom. The average molecular weight is 254 g/mol. The SMILES string of the molecule is Cn1nnc(NS(=O)(=O)c2cccc(N)c2)n1. The van der Waals surface area contributed by atoms with E-state index < -0.39 is 10.0 Å². The van der Waals surface area contributed by atoms with Crippen LogP contribution in [-0.4, -0.2) is 28.6 Å². The van der Waals surface area contributed by atoms with Crippen molar-refractivity contribution in [3.63, 3.8) is 0 Å². The van der Waals surface area contributed by atoms with Crippen molar-refractivity contribution in [2.24, 2.45) is 7.05 Å². The maximum absolute atomic E-state index is 11.9. The highest BCUT2D eigenvalue weighted by molar-refractivity contribution is 7.92. The fraction of sp³-hybridized carbons (Fsp3) is 0.125. The number of benzene rings is 1. The van der Waals surface area contributed by atoms with Gasteiger partial charge in [-0.15, -0.1) is 5.10 Å². The lowest BCUT2D eigenvalue weighted by Gasteiger charge is -2.04. The van der Waals surface area contributed by atoms with Crippen molar-refractivity contribution in [1.29, 1.82) is 0 Å². The molecule has 0 radical (unpaired) electrons. The second-order valence-corrected chi connectivity index (χ2v) is 4.96. The molecule has 1 heterocycles. The molecular formula is C8H10N6O2S. The summed E-state index contributed by atoms with van der Waals surface area (Å²) in [5, 5.41) is 10.8. The Morgan fingerprint density at radius 2 is 2.18 bits per heavy atom. The molecule has 1 aromatic heterocycles. The Bertz CT molecular complexity index is 635. The minimum Gasteiger partial charge on any atom is -0.399 e. The number of anilines is 2. The summed E-state index contributed by atoms with van der Waals surface area (Å²) in [5.74, 6) is -0.0880. The van der Waals surface area contributed by atoms with Gasteiger partial charge >= 0.3 is 0 Å². The molecule has 2 aromatic rings. The summed E-state index contributed by atoms with van der Waals surface area (Å²) in [5.41, 5.74) is 5.87. The van der Waals surface area contributed by atoms with Crippen LogP contribution >= 0.6 is 0 Å². The molecule has 0 fully saturated rings. The number of aromatic nitrogens is 4. The van der Waals surface area contributed by atoms with Crippen LogP contribution in [0.3, 0.4) is 0 Å². The summed E-state index contributed by atoms with van der Waals surface area (Å²) in [6, 6.07) is 5.92. The fourth-order valence-electron chi connectivity index (χ4n) is 1.19. The quantitative estimate of drug-likeness (QED) is 0.719. The topological polar surface area (TPSA) is 116 Å². The Hall–Kier alpha value is -2.16. The van der Waals surface area contributed by atoms with E-state index in [1.54, 1.807) is 12.1 Å². The molecular weight excluding hydrogens is 244 g/mol. The van der Waals surface area contributed by atoms with Gasteiger partial charge in [-0.25, -0.2) is 13.1 Å². The highest BCUT2D eigenvalue weighted by atomic mass is 32.2. The van der Waals surface area contributed by atoms with Gasteiger partial charge in [0.15, 0.2) is 0 Å². The molecule has 0 bridgehead atoms. The van der Waals surface area contributed by atoms with Gasteiger partial charge in [0.25, 0.3) is 16.0 Å². The van der Waals surface area contributed by atoms with Gasteiger partial charge in [0.2, 0.25) is 0 Å². The lowest BCUT2D eigenvalue weighted by atomic mass is 10.3.